The van der Waals surface area contributed by atoms with Gasteiger partial charge in [-0.25, -0.2) is 0 Å². The van der Waals surface area contributed by atoms with E-state index in [1.165, 1.54) is 4.57 Å². The average molecular weight is 290 g/mol. The Bertz CT molecular complexity index is 480. The van der Waals surface area contributed by atoms with E-state index in [-0.39, 0.29) is 12.6 Å². The van der Waals surface area contributed by atoms with Gasteiger partial charge in [0.15, 0.2) is 0 Å². The topological polar surface area (TPSA) is 54.2 Å². The van der Waals surface area contributed by atoms with Crippen LogP contribution in [0.4, 0.5) is 13.2 Å². The lowest BCUT2D eigenvalue weighted by Crippen LogP contribution is -2.44. The molecule has 1 saturated carbocycles. The van der Waals surface area contributed by atoms with Gasteiger partial charge < -0.3 is 9.67 Å². The van der Waals surface area contributed by atoms with Crippen molar-refractivity contribution in [3.63, 3.8) is 0 Å². The third kappa shape index (κ3) is 2.54. The second-order valence-corrected chi connectivity index (χ2v) is 5.52. The van der Waals surface area contributed by atoms with Crippen molar-refractivity contribution in [3.8, 4) is 0 Å². The Balaban J connectivity index is 1.72. The van der Waals surface area contributed by atoms with Crippen LogP contribution < -0.4 is 0 Å². The van der Waals surface area contributed by atoms with Gasteiger partial charge in [-0.3, -0.25) is 4.90 Å². The standard InChI is InChI=1S/C12H17F3N4O/c13-12(14,15)11-17-16-10-7-18(5-6-19(10)11)8-1-3-9(20)4-2-8/h8-9,20H,1-7H2. The molecule has 1 aromatic rings. The normalized spacial score (nSPS) is 28.4. The molecule has 1 aromatic heterocycles. The number of hydrogen-bond acceptors (Lipinski definition) is 4. The number of rotatable bonds is 1. The molecule has 5 nitrogen and oxygen atoms in total. The lowest BCUT2D eigenvalue weighted by molar-refractivity contribution is -0.148. The number of hydrogen-bond donors (Lipinski definition) is 1. The molecule has 0 atom stereocenters. The molecule has 0 radical (unpaired) electrons. The Labute approximate surface area is 114 Å². The maximum absolute atomic E-state index is 12.7. The SMILES string of the molecule is OC1CCC(N2CCn3c(nnc3C(F)(F)F)C2)CC1. The van der Waals surface area contributed by atoms with Crippen LogP contribution in [0.2, 0.25) is 0 Å². The number of fused-ring (bicyclic) bond motifs is 1. The lowest BCUT2D eigenvalue weighted by Gasteiger charge is -2.37. The van der Waals surface area contributed by atoms with Crippen molar-refractivity contribution in [1.82, 2.24) is 19.7 Å². The van der Waals surface area contributed by atoms with E-state index in [0.29, 0.717) is 25.0 Å². The van der Waals surface area contributed by atoms with E-state index in [1.807, 2.05) is 0 Å². The summed E-state index contributed by atoms with van der Waals surface area (Å²) in [6.45, 7) is 1.26. The van der Waals surface area contributed by atoms with Crippen LogP contribution in [-0.2, 0) is 19.3 Å². The summed E-state index contributed by atoms with van der Waals surface area (Å²) < 4.78 is 39.4. The Morgan fingerprint density at radius 2 is 1.75 bits per heavy atom. The summed E-state index contributed by atoms with van der Waals surface area (Å²) in [7, 11) is 0. The van der Waals surface area contributed by atoms with Gasteiger partial charge in [0.2, 0.25) is 5.82 Å². The highest BCUT2D eigenvalue weighted by atomic mass is 19.4. The molecule has 8 heteroatoms. The zero-order chi connectivity index (χ0) is 14.3. The minimum absolute atomic E-state index is 0.225. The second-order valence-electron chi connectivity index (χ2n) is 5.52. The summed E-state index contributed by atoms with van der Waals surface area (Å²) >= 11 is 0. The zero-order valence-electron chi connectivity index (χ0n) is 11.0. The monoisotopic (exact) mass is 290 g/mol. The number of aliphatic hydroxyl groups excluding tert-OH is 1. The van der Waals surface area contributed by atoms with Gasteiger partial charge in [0.05, 0.1) is 12.6 Å². The number of alkyl halides is 3. The molecule has 2 aliphatic rings. The summed E-state index contributed by atoms with van der Waals surface area (Å²) in [6.07, 6.45) is -1.36. The Morgan fingerprint density at radius 3 is 2.40 bits per heavy atom. The van der Waals surface area contributed by atoms with Crippen molar-refractivity contribution in [1.29, 1.82) is 0 Å². The first-order chi connectivity index (χ1) is 9.45. The maximum Gasteiger partial charge on any atom is 0.451 e. The number of aromatic nitrogens is 3. The summed E-state index contributed by atoms with van der Waals surface area (Å²) in [5, 5.41) is 16.5. The Morgan fingerprint density at radius 1 is 1.05 bits per heavy atom. The van der Waals surface area contributed by atoms with Gasteiger partial charge in [-0.05, 0) is 25.7 Å². The Hall–Kier alpha value is -1.15. The highest BCUT2D eigenvalue weighted by Gasteiger charge is 2.40. The first-order valence-corrected chi connectivity index (χ1v) is 6.86. The molecule has 2 heterocycles. The molecule has 112 valence electrons. The van der Waals surface area contributed by atoms with Gasteiger partial charge >= 0.3 is 6.18 Å². The van der Waals surface area contributed by atoms with Crippen molar-refractivity contribution >= 4 is 0 Å². The minimum Gasteiger partial charge on any atom is -0.393 e. The van der Waals surface area contributed by atoms with Gasteiger partial charge in [0.1, 0.15) is 5.82 Å². The highest BCUT2D eigenvalue weighted by molar-refractivity contribution is 5.03. The van der Waals surface area contributed by atoms with E-state index < -0.39 is 12.0 Å². The van der Waals surface area contributed by atoms with Crippen LogP contribution in [0.15, 0.2) is 0 Å². The van der Waals surface area contributed by atoms with Crippen molar-refractivity contribution in [2.45, 2.75) is 57.1 Å². The number of aliphatic hydroxyl groups is 1. The molecule has 1 fully saturated rings. The average Bonchev–Trinajstić information content (AvgIpc) is 2.82. The van der Waals surface area contributed by atoms with Crippen molar-refractivity contribution < 1.29 is 18.3 Å². The molecule has 0 amide bonds. The first kappa shape index (κ1) is 13.8. The molecule has 1 aliphatic heterocycles. The molecule has 3 rings (SSSR count). The molecule has 0 saturated heterocycles. The van der Waals surface area contributed by atoms with Gasteiger partial charge in [-0.1, -0.05) is 0 Å². The van der Waals surface area contributed by atoms with Gasteiger partial charge in [-0.2, -0.15) is 13.2 Å². The van der Waals surface area contributed by atoms with E-state index in [0.717, 1.165) is 25.7 Å². The van der Waals surface area contributed by atoms with Crippen LogP contribution in [0.1, 0.15) is 37.3 Å². The fraction of sp³-hybridized carbons (Fsp3) is 0.833. The summed E-state index contributed by atoms with van der Waals surface area (Å²) in [4.78, 5) is 2.16. The molecule has 1 N–H and O–H groups in total. The van der Waals surface area contributed by atoms with Crippen molar-refractivity contribution in [3.05, 3.63) is 11.6 Å². The fourth-order valence-electron chi connectivity index (χ4n) is 3.12. The molecule has 0 spiro atoms. The summed E-state index contributed by atoms with van der Waals surface area (Å²) in [5.74, 6) is -0.513. The summed E-state index contributed by atoms with van der Waals surface area (Å²) in [5.41, 5.74) is 0. The minimum atomic E-state index is -4.44. The van der Waals surface area contributed by atoms with E-state index in [1.54, 1.807) is 0 Å². The molecule has 20 heavy (non-hydrogen) atoms. The van der Waals surface area contributed by atoms with Crippen LogP contribution in [0.3, 0.4) is 0 Å². The van der Waals surface area contributed by atoms with Crippen LogP contribution >= 0.6 is 0 Å². The molecule has 0 bridgehead atoms. The lowest BCUT2D eigenvalue weighted by atomic mass is 9.91. The Kier molecular flexibility index (Phi) is 3.45. The van der Waals surface area contributed by atoms with E-state index in [9.17, 15) is 18.3 Å². The first-order valence-electron chi connectivity index (χ1n) is 6.86. The summed E-state index contributed by atoms with van der Waals surface area (Å²) in [6, 6.07) is 0.332. The predicted octanol–water partition coefficient (Wildman–Crippen LogP) is 1.42. The quantitative estimate of drug-likeness (QED) is 0.850. The predicted molar refractivity (Wildman–Crippen MR) is 63.7 cm³/mol. The van der Waals surface area contributed by atoms with Crippen molar-refractivity contribution in [2.75, 3.05) is 6.54 Å². The van der Waals surface area contributed by atoms with Gasteiger partial charge in [0.25, 0.3) is 0 Å². The van der Waals surface area contributed by atoms with Crippen LogP contribution in [0.5, 0.6) is 0 Å². The second kappa shape index (κ2) is 5.00. The van der Waals surface area contributed by atoms with Gasteiger partial charge in [-0.15, -0.1) is 10.2 Å². The third-order valence-corrected chi connectivity index (χ3v) is 4.22. The van der Waals surface area contributed by atoms with Crippen LogP contribution in [-0.4, -0.2) is 43.5 Å². The number of nitrogens with zero attached hydrogens (tertiary/aromatic N) is 4. The third-order valence-electron chi connectivity index (χ3n) is 4.22. The molecular weight excluding hydrogens is 273 g/mol. The van der Waals surface area contributed by atoms with E-state index >= 15 is 0 Å². The molecule has 0 unspecified atom stereocenters. The molecule has 0 aromatic carbocycles. The molecule has 1 aliphatic carbocycles. The highest BCUT2D eigenvalue weighted by Crippen LogP contribution is 2.31. The smallest absolute Gasteiger partial charge is 0.393 e. The van der Waals surface area contributed by atoms with Crippen LogP contribution in [0.25, 0.3) is 0 Å². The zero-order valence-corrected chi connectivity index (χ0v) is 11.0. The van der Waals surface area contributed by atoms with Crippen LogP contribution in [0, 0.1) is 0 Å². The van der Waals surface area contributed by atoms with E-state index in [2.05, 4.69) is 15.1 Å². The van der Waals surface area contributed by atoms with Gasteiger partial charge in [0, 0.05) is 19.1 Å². The number of halogens is 3. The van der Waals surface area contributed by atoms with Crippen molar-refractivity contribution in [2.24, 2.45) is 0 Å². The maximum atomic E-state index is 12.7. The fourth-order valence-corrected chi connectivity index (χ4v) is 3.12. The molecular formula is C12H17F3N4O. The van der Waals surface area contributed by atoms with E-state index in [4.69, 9.17) is 0 Å². The largest absolute Gasteiger partial charge is 0.451 e.